The first-order valence-corrected chi connectivity index (χ1v) is 8.00. The van der Waals surface area contributed by atoms with Gasteiger partial charge in [0, 0.05) is 0 Å². The molecule has 8 nitrogen and oxygen atoms in total. The number of methoxy groups -OCH3 is 1. The van der Waals surface area contributed by atoms with Gasteiger partial charge in [0.25, 0.3) is 11.6 Å². The molecule has 9 heteroatoms. The molecule has 1 amide bonds. The molecule has 0 radical (unpaired) electrons. The van der Waals surface area contributed by atoms with Gasteiger partial charge in [-0.2, -0.15) is 5.10 Å². The van der Waals surface area contributed by atoms with Crippen LogP contribution in [0.25, 0.3) is 11.3 Å². The zero-order valence-corrected chi connectivity index (χ0v) is 14.6. The lowest BCUT2D eigenvalue weighted by Crippen LogP contribution is -2.18. The Bertz CT molecular complexity index is 1060. The molecule has 0 bridgehead atoms. The van der Waals surface area contributed by atoms with E-state index >= 15 is 0 Å². The number of nitro groups is 1. The molecule has 2 aromatic carbocycles. The minimum Gasteiger partial charge on any atom is -0.496 e. The van der Waals surface area contributed by atoms with E-state index in [0.29, 0.717) is 11.3 Å². The lowest BCUT2D eigenvalue weighted by atomic mass is 10.1. The number of carbonyl (C=O) groups excluding carboxylic acids is 1. The number of nitro benzene ring substituents is 1. The standard InChI is InChI=1S/C19H14FN3O5/c1-27-17-5-3-2-4-15(17)19(24)22-21-11-13-7-9-18(28-13)14-8-6-12(20)10-16(14)23(25)26/h2-11H,1H3,(H,22,24). The predicted molar refractivity (Wildman–Crippen MR) is 98.8 cm³/mol. The molecule has 0 fully saturated rings. The molecule has 3 aromatic rings. The number of nitrogens with one attached hydrogen (secondary N) is 1. The van der Waals surface area contributed by atoms with Gasteiger partial charge in [0.15, 0.2) is 0 Å². The molecule has 1 N–H and O–H groups in total. The van der Waals surface area contributed by atoms with E-state index in [0.717, 1.165) is 12.1 Å². The largest absolute Gasteiger partial charge is 0.496 e. The van der Waals surface area contributed by atoms with Crippen LogP contribution in [0.5, 0.6) is 5.75 Å². The van der Waals surface area contributed by atoms with Gasteiger partial charge in [-0.3, -0.25) is 14.9 Å². The third kappa shape index (κ3) is 4.04. The second kappa shape index (κ2) is 8.12. The smallest absolute Gasteiger partial charge is 0.283 e. The number of hydrazone groups is 1. The summed E-state index contributed by atoms with van der Waals surface area (Å²) < 4.78 is 23.8. The summed E-state index contributed by atoms with van der Waals surface area (Å²) in [6.07, 6.45) is 1.24. The second-order valence-electron chi connectivity index (χ2n) is 5.52. The third-order valence-corrected chi connectivity index (χ3v) is 3.76. The SMILES string of the molecule is COc1ccccc1C(=O)NN=Cc1ccc(-c2ccc(F)cc2[N+](=O)[O-])o1. The van der Waals surface area contributed by atoms with Gasteiger partial charge in [-0.15, -0.1) is 0 Å². The van der Waals surface area contributed by atoms with Crippen molar-refractivity contribution in [3.8, 4) is 17.1 Å². The van der Waals surface area contributed by atoms with Crippen molar-refractivity contribution in [3.63, 3.8) is 0 Å². The van der Waals surface area contributed by atoms with E-state index in [9.17, 15) is 19.3 Å². The van der Waals surface area contributed by atoms with E-state index in [-0.39, 0.29) is 17.1 Å². The van der Waals surface area contributed by atoms with E-state index in [2.05, 4.69) is 10.5 Å². The highest BCUT2D eigenvalue weighted by molar-refractivity contribution is 5.97. The van der Waals surface area contributed by atoms with Crippen molar-refractivity contribution >= 4 is 17.8 Å². The molecule has 142 valence electrons. The number of halogens is 1. The molecule has 1 aromatic heterocycles. The molecule has 0 aliphatic rings. The number of furan rings is 1. The number of amides is 1. The first-order valence-electron chi connectivity index (χ1n) is 8.00. The molecule has 3 rings (SSSR count). The Morgan fingerprint density at radius 2 is 2.04 bits per heavy atom. The van der Waals surface area contributed by atoms with Crippen LogP contribution in [0.15, 0.2) is 64.1 Å². The van der Waals surface area contributed by atoms with Crippen molar-refractivity contribution in [1.29, 1.82) is 0 Å². The van der Waals surface area contributed by atoms with Crippen molar-refractivity contribution in [3.05, 3.63) is 81.9 Å². The van der Waals surface area contributed by atoms with Crippen molar-refractivity contribution in [2.24, 2.45) is 5.10 Å². The van der Waals surface area contributed by atoms with Gasteiger partial charge < -0.3 is 9.15 Å². The number of ether oxygens (including phenoxy) is 1. The number of hydrogen-bond donors (Lipinski definition) is 1. The van der Waals surface area contributed by atoms with Gasteiger partial charge in [-0.05, 0) is 36.4 Å². The Kier molecular flexibility index (Phi) is 5.45. The van der Waals surface area contributed by atoms with Gasteiger partial charge in [0.1, 0.15) is 23.1 Å². The first-order chi connectivity index (χ1) is 13.5. The number of para-hydroxylation sites is 1. The number of rotatable bonds is 6. The van der Waals surface area contributed by atoms with E-state index in [1.165, 1.54) is 31.5 Å². The van der Waals surface area contributed by atoms with Gasteiger partial charge in [0.2, 0.25) is 0 Å². The fraction of sp³-hybridized carbons (Fsp3) is 0.0526. The summed E-state index contributed by atoms with van der Waals surface area (Å²) in [7, 11) is 1.45. The van der Waals surface area contributed by atoms with Crippen LogP contribution < -0.4 is 10.2 Å². The third-order valence-electron chi connectivity index (χ3n) is 3.76. The van der Waals surface area contributed by atoms with E-state index in [4.69, 9.17) is 9.15 Å². The van der Waals surface area contributed by atoms with Gasteiger partial charge in [0.05, 0.1) is 35.4 Å². The van der Waals surface area contributed by atoms with Gasteiger partial charge >= 0.3 is 0 Å². The normalized spacial score (nSPS) is 10.8. The number of carbonyl (C=O) groups is 1. The number of benzene rings is 2. The fourth-order valence-corrected chi connectivity index (χ4v) is 2.48. The van der Waals surface area contributed by atoms with E-state index in [1.54, 1.807) is 24.3 Å². The maximum atomic E-state index is 13.3. The Balaban J connectivity index is 1.75. The fourth-order valence-electron chi connectivity index (χ4n) is 2.48. The Hall–Kier alpha value is -4.01. The zero-order valence-electron chi connectivity index (χ0n) is 14.6. The highest BCUT2D eigenvalue weighted by Gasteiger charge is 2.19. The van der Waals surface area contributed by atoms with E-state index in [1.807, 2.05) is 0 Å². The van der Waals surface area contributed by atoms with Crippen LogP contribution in [0.3, 0.4) is 0 Å². The number of hydrogen-bond acceptors (Lipinski definition) is 6. The van der Waals surface area contributed by atoms with Crippen LogP contribution >= 0.6 is 0 Å². The molecule has 28 heavy (non-hydrogen) atoms. The topological polar surface area (TPSA) is 107 Å². The maximum Gasteiger partial charge on any atom is 0.283 e. The van der Waals surface area contributed by atoms with Crippen molar-refractivity contribution in [2.45, 2.75) is 0 Å². The summed E-state index contributed by atoms with van der Waals surface area (Å²) in [5, 5.41) is 14.9. The van der Waals surface area contributed by atoms with Crippen molar-refractivity contribution in [1.82, 2.24) is 5.43 Å². The van der Waals surface area contributed by atoms with Crippen molar-refractivity contribution < 1.29 is 23.3 Å². The molecule has 0 saturated heterocycles. The monoisotopic (exact) mass is 383 g/mol. The number of nitrogens with zero attached hydrogens (tertiary/aromatic N) is 2. The van der Waals surface area contributed by atoms with Crippen LogP contribution in [-0.4, -0.2) is 24.2 Å². The van der Waals surface area contributed by atoms with Gasteiger partial charge in [-0.25, -0.2) is 9.82 Å². The van der Waals surface area contributed by atoms with Gasteiger partial charge in [-0.1, -0.05) is 12.1 Å². The van der Waals surface area contributed by atoms with Crippen LogP contribution in [-0.2, 0) is 0 Å². The average molecular weight is 383 g/mol. The van der Waals surface area contributed by atoms with Crippen LogP contribution in [0.4, 0.5) is 10.1 Å². The molecule has 0 unspecified atom stereocenters. The molecule has 0 atom stereocenters. The Morgan fingerprint density at radius 3 is 2.79 bits per heavy atom. The summed E-state index contributed by atoms with van der Waals surface area (Å²) in [6, 6.07) is 12.8. The van der Waals surface area contributed by atoms with Crippen LogP contribution in [0, 0.1) is 15.9 Å². The molecular weight excluding hydrogens is 369 g/mol. The summed E-state index contributed by atoms with van der Waals surface area (Å²) in [6.45, 7) is 0. The first kappa shape index (κ1) is 18.8. The molecule has 0 aliphatic heterocycles. The molecular formula is C19H14FN3O5. The lowest BCUT2D eigenvalue weighted by molar-refractivity contribution is -0.384. The highest BCUT2D eigenvalue weighted by atomic mass is 19.1. The minimum absolute atomic E-state index is 0.129. The molecule has 1 heterocycles. The molecule has 0 saturated carbocycles. The van der Waals surface area contributed by atoms with Crippen LogP contribution in [0.1, 0.15) is 16.1 Å². The predicted octanol–water partition coefficient (Wildman–Crippen LogP) is 3.77. The summed E-state index contributed by atoms with van der Waals surface area (Å²) in [5.74, 6) is -0.380. The van der Waals surface area contributed by atoms with Crippen molar-refractivity contribution in [2.75, 3.05) is 7.11 Å². The lowest BCUT2D eigenvalue weighted by Gasteiger charge is -2.05. The Labute approximate surface area is 158 Å². The van der Waals surface area contributed by atoms with E-state index < -0.39 is 22.3 Å². The molecule has 0 spiro atoms. The average Bonchev–Trinajstić information content (AvgIpc) is 3.16. The summed E-state index contributed by atoms with van der Waals surface area (Å²) in [4.78, 5) is 22.6. The molecule has 0 aliphatic carbocycles. The highest BCUT2D eigenvalue weighted by Crippen LogP contribution is 2.31. The van der Waals surface area contributed by atoms with Crippen LogP contribution in [0.2, 0.25) is 0 Å². The summed E-state index contributed by atoms with van der Waals surface area (Å²) >= 11 is 0. The maximum absolute atomic E-state index is 13.3. The second-order valence-corrected chi connectivity index (χ2v) is 5.52. The Morgan fingerprint density at radius 1 is 1.25 bits per heavy atom. The zero-order chi connectivity index (χ0) is 20.1. The summed E-state index contributed by atoms with van der Waals surface area (Å²) in [5.41, 5.74) is 2.36. The minimum atomic E-state index is -0.720. The quantitative estimate of drug-likeness (QED) is 0.396.